The summed E-state index contributed by atoms with van der Waals surface area (Å²) in [5.74, 6) is -0.162. The molecule has 0 aliphatic carbocycles. The molecule has 1 heterocycles. The van der Waals surface area contributed by atoms with Gasteiger partial charge >= 0.3 is 0 Å². The first kappa shape index (κ1) is 15.2. The zero-order valence-corrected chi connectivity index (χ0v) is 12.2. The zero-order chi connectivity index (χ0) is 14.5. The van der Waals surface area contributed by atoms with Gasteiger partial charge in [0.1, 0.15) is 6.61 Å². The van der Waals surface area contributed by atoms with Gasteiger partial charge in [0.05, 0.1) is 6.10 Å². The van der Waals surface area contributed by atoms with E-state index in [2.05, 4.69) is 16.8 Å². The lowest BCUT2D eigenvalue weighted by atomic mass is 10.1. The highest BCUT2D eigenvalue weighted by atomic mass is 19.1. The number of hydrogen-bond acceptors (Lipinski definition) is 4. The van der Waals surface area contributed by atoms with Crippen LogP contribution in [0.4, 0.5) is 4.39 Å². The molecule has 20 heavy (non-hydrogen) atoms. The molecule has 0 saturated carbocycles. The summed E-state index contributed by atoms with van der Waals surface area (Å²) in [5.41, 5.74) is 0.564. The van der Waals surface area contributed by atoms with Gasteiger partial charge in [-0.25, -0.2) is 4.39 Å². The molecule has 0 aromatic heterocycles. The van der Waals surface area contributed by atoms with Crippen molar-refractivity contribution in [2.75, 3.05) is 46.4 Å². The smallest absolute Gasteiger partial charge is 0.165 e. The van der Waals surface area contributed by atoms with Gasteiger partial charge in [0, 0.05) is 32.7 Å². The molecular weight excluding hydrogens is 259 g/mol. The number of benzene rings is 1. The molecule has 0 spiro atoms. The average Bonchev–Trinajstić information content (AvgIpc) is 2.42. The minimum atomic E-state index is -0.663. The summed E-state index contributed by atoms with van der Waals surface area (Å²) in [7, 11) is 2.12. The monoisotopic (exact) mass is 282 g/mol. The molecule has 1 aromatic carbocycles. The number of ether oxygens (including phenoxy) is 1. The van der Waals surface area contributed by atoms with Crippen molar-refractivity contribution in [3.05, 3.63) is 29.6 Å². The van der Waals surface area contributed by atoms with Gasteiger partial charge < -0.3 is 14.7 Å². The van der Waals surface area contributed by atoms with E-state index in [1.807, 2.05) is 0 Å². The Hall–Kier alpha value is -1.17. The van der Waals surface area contributed by atoms with Crippen molar-refractivity contribution in [3.63, 3.8) is 0 Å². The third-order valence-corrected chi connectivity index (χ3v) is 3.70. The van der Waals surface area contributed by atoms with Gasteiger partial charge in [-0.15, -0.1) is 0 Å². The second kappa shape index (κ2) is 7.02. The number of halogens is 1. The van der Waals surface area contributed by atoms with Gasteiger partial charge in [-0.2, -0.15) is 0 Å². The van der Waals surface area contributed by atoms with E-state index in [9.17, 15) is 9.50 Å². The predicted octanol–water partition coefficient (Wildman–Crippen LogP) is 1.51. The zero-order valence-electron chi connectivity index (χ0n) is 12.2. The summed E-state index contributed by atoms with van der Waals surface area (Å²) >= 11 is 0. The highest BCUT2D eigenvalue weighted by Gasteiger charge is 2.14. The third-order valence-electron chi connectivity index (χ3n) is 3.70. The van der Waals surface area contributed by atoms with Crippen molar-refractivity contribution in [1.82, 2.24) is 9.80 Å². The Kier molecular flexibility index (Phi) is 5.34. The summed E-state index contributed by atoms with van der Waals surface area (Å²) in [5, 5.41) is 9.39. The molecule has 1 aromatic rings. The van der Waals surface area contributed by atoms with Crippen LogP contribution < -0.4 is 4.74 Å². The SMILES string of the molecule is C[C@@H](O)c1ccc(OCCN2CCN(C)CC2)c(F)c1. The van der Waals surface area contributed by atoms with Gasteiger partial charge in [0.25, 0.3) is 0 Å². The summed E-state index contributed by atoms with van der Waals surface area (Å²) in [4.78, 5) is 4.62. The number of nitrogens with zero attached hydrogens (tertiary/aromatic N) is 2. The van der Waals surface area contributed by atoms with E-state index in [0.717, 1.165) is 32.7 Å². The molecule has 1 saturated heterocycles. The number of rotatable bonds is 5. The van der Waals surface area contributed by atoms with Crippen LogP contribution in [-0.4, -0.2) is 61.3 Å². The van der Waals surface area contributed by atoms with E-state index in [-0.39, 0.29) is 5.75 Å². The summed E-state index contributed by atoms with van der Waals surface area (Å²) in [6, 6.07) is 4.61. The Morgan fingerprint density at radius 1 is 1.30 bits per heavy atom. The molecule has 112 valence electrons. The first-order valence-corrected chi connectivity index (χ1v) is 7.07. The van der Waals surface area contributed by atoms with Crippen LogP contribution in [0.5, 0.6) is 5.75 Å². The first-order valence-electron chi connectivity index (χ1n) is 7.07. The normalized spacial score (nSPS) is 19.0. The van der Waals surface area contributed by atoms with Gasteiger partial charge in [-0.3, -0.25) is 4.90 Å². The van der Waals surface area contributed by atoms with Crippen LogP contribution in [0.25, 0.3) is 0 Å². The third kappa shape index (κ3) is 4.16. The van der Waals surface area contributed by atoms with E-state index in [0.29, 0.717) is 12.2 Å². The number of aliphatic hydroxyl groups excluding tert-OH is 1. The van der Waals surface area contributed by atoms with E-state index >= 15 is 0 Å². The van der Waals surface area contributed by atoms with Crippen LogP contribution in [0.1, 0.15) is 18.6 Å². The second-order valence-electron chi connectivity index (χ2n) is 5.36. The maximum absolute atomic E-state index is 13.8. The Morgan fingerprint density at radius 2 is 2.00 bits per heavy atom. The van der Waals surface area contributed by atoms with Crippen LogP contribution in [0.15, 0.2) is 18.2 Å². The van der Waals surface area contributed by atoms with Gasteiger partial charge in [-0.1, -0.05) is 6.07 Å². The quantitative estimate of drug-likeness (QED) is 0.888. The number of hydrogen-bond donors (Lipinski definition) is 1. The molecule has 0 bridgehead atoms. The van der Waals surface area contributed by atoms with E-state index < -0.39 is 11.9 Å². The maximum atomic E-state index is 13.8. The van der Waals surface area contributed by atoms with E-state index in [1.54, 1.807) is 19.1 Å². The van der Waals surface area contributed by atoms with Crippen LogP contribution >= 0.6 is 0 Å². The van der Waals surface area contributed by atoms with Crippen LogP contribution in [0.3, 0.4) is 0 Å². The highest BCUT2D eigenvalue weighted by Crippen LogP contribution is 2.21. The molecule has 5 heteroatoms. The lowest BCUT2D eigenvalue weighted by Gasteiger charge is -2.32. The molecular formula is C15H23FN2O2. The number of piperazine rings is 1. The lowest BCUT2D eigenvalue weighted by molar-refractivity contribution is 0.132. The molecule has 0 radical (unpaired) electrons. The maximum Gasteiger partial charge on any atom is 0.165 e. The van der Waals surface area contributed by atoms with E-state index in [4.69, 9.17) is 4.74 Å². The van der Waals surface area contributed by atoms with Crippen molar-refractivity contribution in [2.45, 2.75) is 13.0 Å². The fourth-order valence-electron chi connectivity index (χ4n) is 2.25. The largest absolute Gasteiger partial charge is 0.489 e. The minimum absolute atomic E-state index is 0.253. The fourth-order valence-corrected chi connectivity index (χ4v) is 2.25. The molecule has 1 fully saturated rings. The van der Waals surface area contributed by atoms with Gasteiger partial charge in [0.2, 0.25) is 0 Å². The highest BCUT2D eigenvalue weighted by molar-refractivity contribution is 5.30. The van der Waals surface area contributed by atoms with Gasteiger partial charge in [0.15, 0.2) is 11.6 Å². The molecule has 1 atom stereocenters. The molecule has 1 N–H and O–H groups in total. The van der Waals surface area contributed by atoms with Crippen molar-refractivity contribution in [1.29, 1.82) is 0 Å². The van der Waals surface area contributed by atoms with Crippen molar-refractivity contribution < 1.29 is 14.2 Å². The first-order chi connectivity index (χ1) is 9.56. The average molecular weight is 282 g/mol. The van der Waals surface area contributed by atoms with Crippen LogP contribution in [0, 0.1) is 5.82 Å². The molecule has 0 unspecified atom stereocenters. The lowest BCUT2D eigenvalue weighted by Crippen LogP contribution is -2.45. The van der Waals surface area contributed by atoms with Crippen molar-refractivity contribution >= 4 is 0 Å². The fraction of sp³-hybridized carbons (Fsp3) is 0.600. The minimum Gasteiger partial charge on any atom is -0.489 e. The van der Waals surface area contributed by atoms with E-state index in [1.165, 1.54) is 6.07 Å². The Labute approximate surface area is 119 Å². The second-order valence-corrected chi connectivity index (χ2v) is 5.36. The summed E-state index contributed by atoms with van der Waals surface area (Å²) in [6.07, 6.45) is -0.663. The van der Waals surface area contributed by atoms with Crippen LogP contribution in [-0.2, 0) is 0 Å². The Morgan fingerprint density at radius 3 is 2.60 bits per heavy atom. The number of aliphatic hydroxyl groups is 1. The topological polar surface area (TPSA) is 35.9 Å². The van der Waals surface area contributed by atoms with Gasteiger partial charge in [-0.05, 0) is 31.7 Å². The molecule has 1 aliphatic heterocycles. The summed E-state index contributed by atoms with van der Waals surface area (Å²) in [6.45, 7) is 7.10. The molecule has 4 nitrogen and oxygen atoms in total. The molecule has 2 rings (SSSR count). The van der Waals surface area contributed by atoms with Crippen molar-refractivity contribution in [2.24, 2.45) is 0 Å². The van der Waals surface area contributed by atoms with Crippen LogP contribution in [0.2, 0.25) is 0 Å². The Balaban J connectivity index is 1.79. The summed E-state index contributed by atoms with van der Waals surface area (Å²) < 4.78 is 19.3. The molecule has 1 aliphatic rings. The number of likely N-dealkylation sites (N-methyl/N-ethyl adjacent to an activating group) is 1. The predicted molar refractivity (Wildman–Crippen MR) is 76.5 cm³/mol. The standard InChI is InChI=1S/C15H23FN2O2/c1-12(19)13-3-4-15(14(16)11-13)20-10-9-18-7-5-17(2)6-8-18/h3-4,11-12,19H,5-10H2,1-2H3/t12-/m1/s1. The van der Waals surface area contributed by atoms with Crippen molar-refractivity contribution in [3.8, 4) is 5.75 Å². The molecule has 0 amide bonds. The Bertz CT molecular complexity index is 432.